The molecule has 2 aromatic rings. The number of halogens is 1. The molecule has 0 aliphatic rings. The van der Waals surface area contributed by atoms with Crippen molar-refractivity contribution in [1.29, 1.82) is 10.5 Å². The number of hydrogen-bond acceptors (Lipinski definition) is 2. The maximum atomic E-state index is 8.94. The Morgan fingerprint density at radius 3 is 2.13 bits per heavy atom. The second-order valence-electron chi connectivity index (χ2n) is 3.05. The molecule has 0 amide bonds. The van der Waals surface area contributed by atoms with Gasteiger partial charge in [0.1, 0.15) is 6.07 Å². The Kier molecular flexibility index (Phi) is 2.29. The van der Waals surface area contributed by atoms with Crippen LogP contribution >= 0.6 is 11.6 Å². The fourth-order valence-corrected chi connectivity index (χ4v) is 1.78. The van der Waals surface area contributed by atoms with Gasteiger partial charge in [-0.15, -0.1) is 0 Å². The van der Waals surface area contributed by atoms with E-state index in [1.807, 2.05) is 24.3 Å². The van der Waals surface area contributed by atoms with Gasteiger partial charge in [0, 0.05) is 10.8 Å². The highest BCUT2D eigenvalue weighted by Crippen LogP contribution is 2.29. The quantitative estimate of drug-likeness (QED) is 0.673. The summed E-state index contributed by atoms with van der Waals surface area (Å²) in [5.41, 5.74) is 0.818. The van der Waals surface area contributed by atoms with E-state index >= 15 is 0 Å². The minimum absolute atomic E-state index is 0.340. The van der Waals surface area contributed by atoms with E-state index in [9.17, 15) is 0 Å². The average Bonchev–Trinajstić information content (AvgIpc) is 2.30. The Hall–Kier alpha value is -2.03. The number of nitriles is 2. The van der Waals surface area contributed by atoms with Crippen LogP contribution in [0.2, 0.25) is 5.02 Å². The van der Waals surface area contributed by atoms with Gasteiger partial charge in [-0.1, -0.05) is 35.9 Å². The van der Waals surface area contributed by atoms with Crippen LogP contribution in [0.5, 0.6) is 0 Å². The van der Waals surface area contributed by atoms with Crippen molar-refractivity contribution < 1.29 is 0 Å². The van der Waals surface area contributed by atoms with Gasteiger partial charge >= 0.3 is 0 Å². The highest BCUT2D eigenvalue weighted by molar-refractivity contribution is 6.36. The van der Waals surface area contributed by atoms with Crippen LogP contribution in [-0.4, -0.2) is 0 Å². The number of hydrogen-bond donors (Lipinski definition) is 0. The third kappa shape index (κ3) is 1.42. The van der Waals surface area contributed by atoms with Gasteiger partial charge in [-0.3, -0.25) is 0 Å². The van der Waals surface area contributed by atoms with E-state index in [1.54, 1.807) is 6.07 Å². The molecule has 0 saturated carbocycles. The predicted molar refractivity (Wildman–Crippen MR) is 58.4 cm³/mol. The highest BCUT2D eigenvalue weighted by atomic mass is 35.5. The summed E-state index contributed by atoms with van der Waals surface area (Å²) in [5, 5.41) is 19.7. The molecule has 3 heteroatoms. The van der Waals surface area contributed by atoms with Crippen molar-refractivity contribution in [2.45, 2.75) is 0 Å². The van der Waals surface area contributed by atoms with Crippen molar-refractivity contribution in [2.24, 2.45) is 0 Å². The van der Waals surface area contributed by atoms with Crippen molar-refractivity contribution >= 4 is 22.4 Å². The molecule has 0 saturated heterocycles. The molecule has 0 fully saturated rings. The maximum Gasteiger partial charge on any atom is 0.101 e. The first kappa shape index (κ1) is 9.52. The van der Waals surface area contributed by atoms with Gasteiger partial charge < -0.3 is 0 Å². The molecule has 0 aromatic heterocycles. The molecule has 2 rings (SSSR count). The summed E-state index contributed by atoms with van der Waals surface area (Å²) in [6, 6.07) is 12.9. The Bertz CT molecular complexity index is 618. The normalized spacial score (nSPS) is 9.53. The lowest BCUT2D eigenvalue weighted by Gasteiger charge is -2.03. The van der Waals surface area contributed by atoms with Gasteiger partial charge in [-0.2, -0.15) is 10.5 Å². The topological polar surface area (TPSA) is 47.6 Å². The maximum absolute atomic E-state index is 8.94. The largest absolute Gasteiger partial charge is 0.192 e. The smallest absolute Gasteiger partial charge is 0.101 e. The summed E-state index contributed by atoms with van der Waals surface area (Å²) in [6.07, 6.45) is 0. The third-order valence-electron chi connectivity index (χ3n) is 2.22. The summed E-state index contributed by atoms with van der Waals surface area (Å²) in [5.74, 6) is 0. The van der Waals surface area contributed by atoms with Crippen molar-refractivity contribution in [1.82, 2.24) is 0 Å². The second kappa shape index (κ2) is 3.61. The molecule has 2 aromatic carbocycles. The van der Waals surface area contributed by atoms with E-state index in [0.29, 0.717) is 16.1 Å². The molecule has 70 valence electrons. The van der Waals surface area contributed by atoms with Crippen LogP contribution in [0.25, 0.3) is 10.8 Å². The zero-order chi connectivity index (χ0) is 10.8. The summed E-state index contributed by atoms with van der Waals surface area (Å²) in [4.78, 5) is 0. The zero-order valence-corrected chi connectivity index (χ0v) is 8.42. The Labute approximate surface area is 91.9 Å². The first-order chi connectivity index (χ1) is 7.27. The summed E-state index contributed by atoms with van der Waals surface area (Å²) < 4.78 is 0. The first-order valence-electron chi connectivity index (χ1n) is 4.29. The monoisotopic (exact) mass is 212 g/mol. The molecule has 0 bridgehead atoms. The summed E-state index contributed by atoms with van der Waals surface area (Å²) in [6.45, 7) is 0. The molecule has 0 unspecified atom stereocenters. The van der Waals surface area contributed by atoms with E-state index in [1.165, 1.54) is 6.07 Å². The average molecular weight is 213 g/mol. The lowest BCUT2D eigenvalue weighted by molar-refractivity contribution is 1.47. The Morgan fingerprint density at radius 1 is 0.933 bits per heavy atom. The summed E-state index contributed by atoms with van der Waals surface area (Å²) in [7, 11) is 0. The minimum atomic E-state index is 0.340. The second-order valence-corrected chi connectivity index (χ2v) is 3.43. The lowest BCUT2D eigenvalue weighted by Crippen LogP contribution is -1.85. The minimum Gasteiger partial charge on any atom is -0.192 e. The van der Waals surface area contributed by atoms with Gasteiger partial charge in [0.05, 0.1) is 22.2 Å². The molecular formula is C12H5ClN2. The fourth-order valence-electron chi connectivity index (χ4n) is 1.51. The Morgan fingerprint density at radius 2 is 1.53 bits per heavy atom. The van der Waals surface area contributed by atoms with Crippen LogP contribution in [0.15, 0.2) is 30.3 Å². The molecule has 0 radical (unpaired) electrons. The third-order valence-corrected chi connectivity index (χ3v) is 2.63. The number of benzene rings is 2. The number of rotatable bonds is 0. The SMILES string of the molecule is N#Cc1cc(C#N)c2ccccc2c1Cl. The van der Waals surface area contributed by atoms with E-state index in [2.05, 4.69) is 6.07 Å². The van der Waals surface area contributed by atoms with E-state index < -0.39 is 0 Å². The molecule has 0 N–H and O–H groups in total. The highest BCUT2D eigenvalue weighted by Gasteiger charge is 2.09. The number of nitrogens with zero attached hydrogens (tertiary/aromatic N) is 2. The standard InChI is InChI=1S/C12H5ClN2/c13-12-9(7-15)5-8(6-14)10-3-1-2-4-11(10)12/h1-5H. The van der Waals surface area contributed by atoms with Gasteiger partial charge in [-0.05, 0) is 6.07 Å². The molecule has 15 heavy (non-hydrogen) atoms. The summed E-state index contributed by atoms with van der Waals surface area (Å²) >= 11 is 6.04. The van der Waals surface area contributed by atoms with Gasteiger partial charge in [-0.25, -0.2) is 0 Å². The van der Waals surface area contributed by atoms with Crippen LogP contribution in [0.4, 0.5) is 0 Å². The van der Waals surface area contributed by atoms with Crippen molar-refractivity contribution in [3.05, 3.63) is 46.5 Å². The molecule has 0 aliphatic heterocycles. The molecule has 2 nitrogen and oxygen atoms in total. The van der Waals surface area contributed by atoms with Gasteiger partial charge in [0.25, 0.3) is 0 Å². The first-order valence-corrected chi connectivity index (χ1v) is 4.67. The Balaban J connectivity index is 3.00. The molecule has 0 spiro atoms. The molecule has 0 aliphatic carbocycles. The van der Waals surface area contributed by atoms with Gasteiger partial charge in [0.15, 0.2) is 0 Å². The number of fused-ring (bicyclic) bond motifs is 1. The van der Waals surface area contributed by atoms with Crippen LogP contribution in [-0.2, 0) is 0 Å². The van der Waals surface area contributed by atoms with Crippen molar-refractivity contribution in [2.75, 3.05) is 0 Å². The van der Waals surface area contributed by atoms with E-state index in [0.717, 1.165) is 10.8 Å². The van der Waals surface area contributed by atoms with Crippen LogP contribution in [0.1, 0.15) is 11.1 Å². The van der Waals surface area contributed by atoms with Crippen LogP contribution < -0.4 is 0 Å². The lowest BCUT2D eigenvalue weighted by atomic mass is 10.0. The fraction of sp³-hybridized carbons (Fsp3) is 0. The molecule has 0 heterocycles. The van der Waals surface area contributed by atoms with Crippen LogP contribution in [0.3, 0.4) is 0 Å². The molecular weight excluding hydrogens is 208 g/mol. The van der Waals surface area contributed by atoms with Crippen LogP contribution in [0, 0.1) is 22.7 Å². The predicted octanol–water partition coefficient (Wildman–Crippen LogP) is 3.24. The zero-order valence-electron chi connectivity index (χ0n) is 7.66. The van der Waals surface area contributed by atoms with E-state index in [-0.39, 0.29) is 0 Å². The van der Waals surface area contributed by atoms with Crippen molar-refractivity contribution in [3.8, 4) is 12.1 Å². The van der Waals surface area contributed by atoms with Crippen molar-refractivity contribution in [3.63, 3.8) is 0 Å². The van der Waals surface area contributed by atoms with E-state index in [4.69, 9.17) is 22.1 Å². The van der Waals surface area contributed by atoms with Gasteiger partial charge in [0.2, 0.25) is 0 Å². The molecule has 0 atom stereocenters.